The second kappa shape index (κ2) is 4.43. The molecule has 0 aromatic heterocycles. The predicted molar refractivity (Wildman–Crippen MR) is 71.8 cm³/mol. The summed E-state index contributed by atoms with van der Waals surface area (Å²) in [6.45, 7) is 0. The first-order valence-electron chi connectivity index (χ1n) is 6.83. The Bertz CT molecular complexity index is 490. The normalized spacial score (nSPS) is 26.7. The molecule has 0 amide bonds. The van der Waals surface area contributed by atoms with Crippen molar-refractivity contribution in [3.05, 3.63) is 41.0 Å². The zero-order valence-electron chi connectivity index (χ0n) is 10.9. The standard InChI is InChI=1S/C16H20O2/c1-18-14-8-7-12-9-10-16(17,15(12)11-14)13-5-3-2-4-6-13/h5,7-8,11,17H,2-4,6,9-10H2,1H3. The smallest absolute Gasteiger partial charge is 0.119 e. The molecule has 1 atom stereocenters. The number of ether oxygens (including phenoxy) is 1. The summed E-state index contributed by atoms with van der Waals surface area (Å²) in [5.41, 5.74) is 2.82. The fourth-order valence-corrected chi connectivity index (χ4v) is 3.28. The lowest BCUT2D eigenvalue weighted by Crippen LogP contribution is -2.26. The highest BCUT2D eigenvalue weighted by Gasteiger charge is 2.40. The molecule has 0 fully saturated rings. The zero-order valence-corrected chi connectivity index (χ0v) is 10.9. The first-order valence-corrected chi connectivity index (χ1v) is 6.83. The molecule has 0 bridgehead atoms. The van der Waals surface area contributed by atoms with E-state index in [1.54, 1.807) is 7.11 Å². The number of fused-ring (bicyclic) bond motifs is 1. The largest absolute Gasteiger partial charge is 0.497 e. The van der Waals surface area contributed by atoms with Gasteiger partial charge in [-0.2, -0.15) is 0 Å². The van der Waals surface area contributed by atoms with Crippen LogP contribution in [0.25, 0.3) is 0 Å². The lowest BCUT2D eigenvalue weighted by atomic mass is 9.81. The minimum absolute atomic E-state index is 0.732. The Kier molecular flexibility index (Phi) is 2.90. The summed E-state index contributed by atoms with van der Waals surface area (Å²) in [5.74, 6) is 0.838. The van der Waals surface area contributed by atoms with Crippen molar-refractivity contribution in [1.82, 2.24) is 0 Å². The molecule has 0 radical (unpaired) electrons. The minimum Gasteiger partial charge on any atom is -0.497 e. The molecule has 3 rings (SSSR count). The molecular formula is C16H20O2. The van der Waals surface area contributed by atoms with Gasteiger partial charge in [0.15, 0.2) is 0 Å². The van der Waals surface area contributed by atoms with Gasteiger partial charge in [-0.05, 0) is 67.4 Å². The van der Waals surface area contributed by atoms with E-state index in [2.05, 4.69) is 12.1 Å². The molecule has 2 aliphatic carbocycles. The molecular weight excluding hydrogens is 224 g/mol. The molecule has 0 aliphatic heterocycles. The second-order valence-electron chi connectivity index (χ2n) is 5.36. The van der Waals surface area contributed by atoms with Crippen LogP contribution in [-0.4, -0.2) is 12.2 Å². The van der Waals surface area contributed by atoms with Crippen molar-refractivity contribution in [2.24, 2.45) is 0 Å². The van der Waals surface area contributed by atoms with Gasteiger partial charge < -0.3 is 9.84 Å². The van der Waals surface area contributed by atoms with Gasteiger partial charge in [-0.3, -0.25) is 0 Å². The lowest BCUT2D eigenvalue weighted by molar-refractivity contribution is 0.0724. The van der Waals surface area contributed by atoms with Gasteiger partial charge in [0.2, 0.25) is 0 Å². The Morgan fingerprint density at radius 1 is 1.22 bits per heavy atom. The fourth-order valence-electron chi connectivity index (χ4n) is 3.28. The topological polar surface area (TPSA) is 29.5 Å². The van der Waals surface area contributed by atoms with Crippen molar-refractivity contribution in [2.45, 2.75) is 44.1 Å². The molecule has 1 aromatic carbocycles. The van der Waals surface area contributed by atoms with Gasteiger partial charge in [-0.15, -0.1) is 0 Å². The summed E-state index contributed by atoms with van der Waals surface area (Å²) in [4.78, 5) is 0. The van der Waals surface area contributed by atoms with Crippen molar-refractivity contribution < 1.29 is 9.84 Å². The van der Waals surface area contributed by atoms with E-state index in [-0.39, 0.29) is 0 Å². The Morgan fingerprint density at radius 2 is 2.11 bits per heavy atom. The first-order chi connectivity index (χ1) is 8.74. The van der Waals surface area contributed by atoms with Gasteiger partial charge in [-0.25, -0.2) is 0 Å². The number of allylic oxidation sites excluding steroid dienone is 1. The minimum atomic E-state index is -0.732. The van der Waals surface area contributed by atoms with Crippen molar-refractivity contribution in [1.29, 1.82) is 0 Å². The van der Waals surface area contributed by atoms with E-state index in [9.17, 15) is 5.11 Å². The van der Waals surface area contributed by atoms with Crippen LogP contribution in [0.5, 0.6) is 5.75 Å². The van der Waals surface area contributed by atoms with Crippen LogP contribution in [0.1, 0.15) is 43.2 Å². The highest BCUT2D eigenvalue weighted by atomic mass is 16.5. The van der Waals surface area contributed by atoms with Gasteiger partial charge in [0, 0.05) is 0 Å². The Balaban J connectivity index is 2.04. The van der Waals surface area contributed by atoms with E-state index in [1.165, 1.54) is 24.0 Å². The van der Waals surface area contributed by atoms with E-state index in [4.69, 9.17) is 4.74 Å². The van der Waals surface area contributed by atoms with Gasteiger partial charge in [0.05, 0.1) is 7.11 Å². The quantitative estimate of drug-likeness (QED) is 0.809. The number of benzene rings is 1. The summed E-state index contributed by atoms with van der Waals surface area (Å²) < 4.78 is 5.29. The van der Waals surface area contributed by atoms with Crippen LogP contribution in [0.3, 0.4) is 0 Å². The summed E-state index contributed by atoms with van der Waals surface area (Å²) in [6, 6.07) is 6.09. The van der Waals surface area contributed by atoms with Crippen molar-refractivity contribution >= 4 is 0 Å². The predicted octanol–water partition coefficient (Wildman–Crippen LogP) is 3.33. The maximum absolute atomic E-state index is 11.1. The van der Waals surface area contributed by atoms with Crippen molar-refractivity contribution in [3.63, 3.8) is 0 Å². The van der Waals surface area contributed by atoms with Crippen LogP contribution >= 0.6 is 0 Å². The molecule has 1 N–H and O–H groups in total. The fraction of sp³-hybridized carbons (Fsp3) is 0.500. The number of aryl methyl sites for hydroxylation is 1. The SMILES string of the molecule is COc1ccc2c(c1)C(O)(C1=CCCCC1)CC2. The molecule has 2 aliphatic rings. The molecule has 0 saturated carbocycles. The summed E-state index contributed by atoms with van der Waals surface area (Å²) in [6.07, 6.45) is 8.63. The molecule has 18 heavy (non-hydrogen) atoms. The third kappa shape index (κ3) is 1.76. The highest BCUT2D eigenvalue weighted by Crippen LogP contribution is 2.46. The van der Waals surface area contributed by atoms with E-state index in [1.807, 2.05) is 12.1 Å². The molecule has 0 saturated heterocycles. The van der Waals surface area contributed by atoms with Crippen LogP contribution in [0.15, 0.2) is 29.8 Å². The zero-order chi connectivity index (χ0) is 12.6. The second-order valence-corrected chi connectivity index (χ2v) is 5.36. The van der Waals surface area contributed by atoms with Crippen LogP contribution in [0, 0.1) is 0 Å². The van der Waals surface area contributed by atoms with Gasteiger partial charge in [0.1, 0.15) is 11.4 Å². The van der Waals surface area contributed by atoms with Gasteiger partial charge in [0.25, 0.3) is 0 Å². The third-order valence-corrected chi connectivity index (χ3v) is 4.34. The Hall–Kier alpha value is -1.28. The van der Waals surface area contributed by atoms with E-state index in [0.717, 1.165) is 37.0 Å². The van der Waals surface area contributed by atoms with Crippen LogP contribution in [0.2, 0.25) is 0 Å². The number of methoxy groups -OCH3 is 1. The van der Waals surface area contributed by atoms with Gasteiger partial charge in [-0.1, -0.05) is 12.1 Å². The number of aliphatic hydroxyl groups is 1. The van der Waals surface area contributed by atoms with Crippen molar-refractivity contribution in [2.75, 3.05) is 7.11 Å². The van der Waals surface area contributed by atoms with Crippen LogP contribution < -0.4 is 4.74 Å². The van der Waals surface area contributed by atoms with Gasteiger partial charge >= 0.3 is 0 Å². The monoisotopic (exact) mass is 244 g/mol. The summed E-state index contributed by atoms with van der Waals surface area (Å²) in [7, 11) is 1.68. The number of hydrogen-bond donors (Lipinski definition) is 1. The molecule has 96 valence electrons. The molecule has 0 heterocycles. The average molecular weight is 244 g/mol. The average Bonchev–Trinajstić information content (AvgIpc) is 2.78. The van der Waals surface area contributed by atoms with Crippen molar-refractivity contribution in [3.8, 4) is 5.75 Å². The van der Waals surface area contributed by atoms with E-state index >= 15 is 0 Å². The Morgan fingerprint density at radius 3 is 2.83 bits per heavy atom. The maximum atomic E-state index is 11.1. The third-order valence-electron chi connectivity index (χ3n) is 4.34. The highest BCUT2D eigenvalue weighted by molar-refractivity contribution is 5.47. The Labute approximate surface area is 108 Å². The van der Waals surface area contributed by atoms with Crippen LogP contribution in [0.4, 0.5) is 0 Å². The first kappa shape index (κ1) is 11.8. The molecule has 0 spiro atoms. The molecule has 1 aromatic rings. The number of rotatable bonds is 2. The van der Waals surface area contributed by atoms with Crippen LogP contribution in [-0.2, 0) is 12.0 Å². The summed E-state index contributed by atoms with van der Waals surface area (Å²) in [5, 5.41) is 11.1. The van der Waals surface area contributed by atoms with E-state index in [0.29, 0.717) is 0 Å². The van der Waals surface area contributed by atoms with E-state index < -0.39 is 5.60 Å². The summed E-state index contributed by atoms with van der Waals surface area (Å²) >= 11 is 0. The molecule has 2 nitrogen and oxygen atoms in total. The lowest BCUT2D eigenvalue weighted by Gasteiger charge is -2.30. The number of hydrogen-bond acceptors (Lipinski definition) is 2. The molecule has 1 unspecified atom stereocenters. The molecule has 2 heteroatoms. The maximum Gasteiger partial charge on any atom is 0.119 e.